The van der Waals surface area contributed by atoms with Crippen LogP contribution in [0.5, 0.6) is 5.75 Å². The van der Waals surface area contributed by atoms with E-state index in [1.54, 1.807) is 35.7 Å². The number of aryl methyl sites for hydroxylation is 1. The van der Waals surface area contributed by atoms with Crippen molar-refractivity contribution in [3.05, 3.63) is 43.0 Å². The van der Waals surface area contributed by atoms with Crippen molar-refractivity contribution in [2.24, 2.45) is 0 Å². The van der Waals surface area contributed by atoms with E-state index in [1.807, 2.05) is 24.5 Å². The summed E-state index contributed by atoms with van der Waals surface area (Å²) in [5.41, 5.74) is 9.71. The molecule has 7 nitrogen and oxygen atoms in total. The van der Waals surface area contributed by atoms with Crippen LogP contribution in [-0.2, 0) is 6.54 Å². The number of nitrogens with zero attached hydrogens (tertiary/aromatic N) is 4. The maximum atomic E-state index is 6.06. The first-order valence-corrected chi connectivity index (χ1v) is 11.4. The number of hydrogen-bond acceptors (Lipinski definition) is 6. The Balaban J connectivity index is 1.82. The number of methoxy groups -OCH3 is 1. The Morgan fingerprint density at radius 2 is 2.18 bits per heavy atom. The van der Waals surface area contributed by atoms with Crippen LogP contribution in [0.25, 0.3) is 22.3 Å². The molecule has 28 heavy (non-hydrogen) atoms. The predicted molar refractivity (Wildman–Crippen MR) is 115 cm³/mol. The number of imidazole rings is 1. The molecule has 0 spiro atoms. The first-order chi connectivity index (χ1) is 13.7. The molecule has 4 rings (SSSR count). The van der Waals surface area contributed by atoms with Gasteiger partial charge in [0.1, 0.15) is 0 Å². The summed E-state index contributed by atoms with van der Waals surface area (Å²) in [6, 6.07) is 8.13. The Bertz CT molecular complexity index is 1100. The molecule has 9 heteroatoms. The van der Waals surface area contributed by atoms with Crippen molar-refractivity contribution in [3.63, 3.8) is 0 Å². The monoisotopic (exact) mass is 456 g/mol. The standard InChI is InChI=1S/C19H21AsN6OS/c1-27-13-3-4-14(12-5-7-22-10-12)15(9-13)28-19-25-16-17(21)23-11-24-18(16)26(19)8-2-6-20/h3-5,7,9-11,22H,2,6,8,20H2,1H3,(H2,21,23,24). The van der Waals surface area contributed by atoms with Crippen LogP contribution in [0, 0.1) is 0 Å². The van der Waals surface area contributed by atoms with E-state index < -0.39 is 0 Å². The first-order valence-electron chi connectivity index (χ1n) is 8.87. The number of anilines is 1. The molecule has 0 aliphatic heterocycles. The van der Waals surface area contributed by atoms with Crippen LogP contribution in [0.2, 0.25) is 5.21 Å². The van der Waals surface area contributed by atoms with Crippen molar-refractivity contribution in [2.75, 3.05) is 12.8 Å². The fourth-order valence-corrected chi connectivity index (χ4v) is 4.48. The van der Waals surface area contributed by atoms with Gasteiger partial charge in [-0.05, 0) is 0 Å². The molecule has 1 aromatic carbocycles. The van der Waals surface area contributed by atoms with E-state index in [1.165, 1.54) is 6.33 Å². The summed E-state index contributed by atoms with van der Waals surface area (Å²) in [4.78, 5) is 17.5. The zero-order valence-electron chi connectivity index (χ0n) is 15.4. The predicted octanol–water partition coefficient (Wildman–Crippen LogP) is 3.00. The van der Waals surface area contributed by atoms with Gasteiger partial charge in [0.25, 0.3) is 0 Å². The van der Waals surface area contributed by atoms with Gasteiger partial charge in [-0.1, -0.05) is 0 Å². The van der Waals surface area contributed by atoms with Gasteiger partial charge in [-0.3, -0.25) is 0 Å². The molecule has 0 saturated carbocycles. The molecular formula is C19H21AsN6OS. The third-order valence-corrected chi connectivity index (χ3v) is 6.32. The molecule has 3 heterocycles. The first kappa shape index (κ1) is 18.9. The molecule has 3 aromatic heterocycles. The summed E-state index contributed by atoms with van der Waals surface area (Å²) in [6.07, 6.45) is 6.46. The van der Waals surface area contributed by atoms with E-state index in [4.69, 9.17) is 15.5 Å². The van der Waals surface area contributed by atoms with Crippen molar-refractivity contribution in [2.45, 2.75) is 28.2 Å². The van der Waals surface area contributed by atoms with Crippen molar-refractivity contribution in [1.29, 1.82) is 0 Å². The number of aromatic amines is 1. The number of nitrogens with one attached hydrogen (secondary N) is 1. The molecule has 1 atom stereocenters. The summed E-state index contributed by atoms with van der Waals surface area (Å²) in [7, 11) is 1.67. The van der Waals surface area contributed by atoms with E-state index >= 15 is 0 Å². The number of aromatic nitrogens is 5. The zero-order valence-corrected chi connectivity index (χ0v) is 18.7. The molecule has 0 fully saturated rings. The van der Waals surface area contributed by atoms with Gasteiger partial charge < -0.3 is 0 Å². The Hall–Kier alpha value is -2.44. The van der Waals surface area contributed by atoms with Gasteiger partial charge in [0.2, 0.25) is 0 Å². The number of nitrogens with two attached hydrogens (primary N) is 1. The molecule has 0 saturated heterocycles. The SMILES string of the molecule is COc1ccc(-c2cc[nH]c2)c(Sc2nc3c(N)ncnc3n2CCC[AsH2])c1. The van der Waals surface area contributed by atoms with E-state index in [9.17, 15) is 0 Å². The zero-order chi connectivity index (χ0) is 19.5. The van der Waals surface area contributed by atoms with E-state index in [0.29, 0.717) is 11.3 Å². The number of H-pyrrole nitrogens is 1. The third-order valence-electron chi connectivity index (χ3n) is 4.41. The van der Waals surface area contributed by atoms with Crippen LogP contribution in [0.15, 0.2) is 53.0 Å². The molecule has 3 N–H and O–H groups in total. The van der Waals surface area contributed by atoms with E-state index in [2.05, 4.69) is 31.7 Å². The van der Waals surface area contributed by atoms with Crippen LogP contribution in [0.3, 0.4) is 0 Å². The van der Waals surface area contributed by atoms with E-state index in [0.717, 1.165) is 50.7 Å². The van der Waals surface area contributed by atoms with Gasteiger partial charge in [0, 0.05) is 0 Å². The summed E-state index contributed by atoms with van der Waals surface area (Å²) >= 11 is 3.32. The molecular weight excluding hydrogens is 435 g/mol. The Morgan fingerprint density at radius 1 is 1.29 bits per heavy atom. The second-order valence-electron chi connectivity index (χ2n) is 6.18. The molecule has 0 radical (unpaired) electrons. The van der Waals surface area contributed by atoms with Gasteiger partial charge in [-0.2, -0.15) is 0 Å². The van der Waals surface area contributed by atoms with Gasteiger partial charge >= 0.3 is 176 Å². The van der Waals surface area contributed by atoms with Gasteiger partial charge in [-0.25, -0.2) is 0 Å². The van der Waals surface area contributed by atoms with Crippen molar-refractivity contribution >= 4 is 45.6 Å². The molecule has 0 amide bonds. The second kappa shape index (κ2) is 8.29. The Kier molecular flexibility index (Phi) is 5.59. The molecule has 144 valence electrons. The maximum absolute atomic E-state index is 6.06. The van der Waals surface area contributed by atoms with Gasteiger partial charge in [0.15, 0.2) is 0 Å². The Morgan fingerprint density at radius 3 is 2.93 bits per heavy atom. The van der Waals surface area contributed by atoms with Crippen molar-refractivity contribution in [1.82, 2.24) is 24.5 Å². The van der Waals surface area contributed by atoms with Crippen molar-refractivity contribution in [3.8, 4) is 16.9 Å². The van der Waals surface area contributed by atoms with Crippen molar-refractivity contribution < 1.29 is 4.74 Å². The topological polar surface area (TPSA) is 94.6 Å². The number of benzene rings is 1. The van der Waals surface area contributed by atoms with Gasteiger partial charge in [0.05, 0.1) is 0 Å². The molecule has 0 aliphatic rings. The van der Waals surface area contributed by atoms with Crippen LogP contribution < -0.4 is 10.5 Å². The average molecular weight is 456 g/mol. The number of ether oxygens (including phenoxy) is 1. The summed E-state index contributed by atoms with van der Waals surface area (Å²) in [5.74, 6) is 1.21. The quantitative estimate of drug-likeness (QED) is 0.415. The minimum atomic E-state index is 0.405. The van der Waals surface area contributed by atoms with E-state index in [-0.39, 0.29) is 0 Å². The van der Waals surface area contributed by atoms with Crippen LogP contribution >= 0.6 is 11.8 Å². The summed E-state index contributed by atoms with van der Waals surface area (Å²) in [5, 5.41) is 2.00. The summed E-state index contributed by atoms with van der Waals surface area (Å²) in [6.45, 7) is 0.844. The van der Waals surface area contributed by atoms with Crippen LogP contribution in [0.4, 0.5) is 5.82 Å². The molecule has 0 aliphatic carbocycles. The van der Waals surface area contributed by atoms with Gasteiger partial charge in [-0.15, -0.1) is 0 Å². The normalized spacial score (nSPS) is 11.2. The van der Waals surface area contributed by atoms with Crippen LogP contribution in [0.1, 0.15) is 6.42 Å². The van der Waals surface area contributed by atoms with Crippen LogP contribution in [-0.4, -0.2) is 48.5 Å². The number of hydrogen-bond donors (Lipinski definition) is 2. The fraction of sp³-hybridized carbons (Fsp3) is 0.211. The minimum absolute atomic E-state index is 0.405. The fourth-order valence-electron chi connectivity index (χ4n) is 3.01. The number of nitrogen functional groups attached to an aromatic ring is 1. The molecule has 0 bridgehead atoms. The number of fused-ring (bicyclic) bond motifs is 1. The third kappa shape index (κ3) is 3.62. The molecule has 1 unspecified atom stereocenters. The second-order valence-corrected chi connectivity index (χ2v) is 8.40. The summed E-state index contributed by atoms with van der Waals surface area (Å²) < 4.78 is 7.59. The average Bonchev–Trinajstić information content (AvgIpc) is 3.35. The Labute approximate surface area is 175 Å². The number of rotatable bonds is 7. The molecule has 4 aromatic rings.